The fraction of sp³-hybridized carbons (Fsp3) is 0.433. The van der Waals surface area contributed by atoms with Crippen LogP contribution in [0.5, 0.6) is 11.5 Å². The maximum Gasteiger partial charge on any atom is 0.409 e. The summed E-state index contributed by atoms with van der Waals surface area (Å²) in [4.78, 5) is 24.5. The Morgan fingerprint density at radius 1 is 0.950 bits per heavy atom. The normalized spacial score (nSPS) is 15.2. The van der Waals surface area contributed by atoms with Crippen LogP contribution in [0.3, 0.4) is 0 Å². The molecule has 1 N–H and O–H groups in total. The number of aromatic nitrogens is 2. The fourth-order valence-corrected chi connectivity index (χ4v) is 6.08. The first kappa shape index (κ1) is 29.3. The summed E-state index contributed by atoms with van der Waals surface area (Å²) in [6, 6.07) is 14.6. The third-order valence-electron chi connectivity index (χ3n) is 7.32. The molecule has 3 aromatic rings. The number of ether oxygens (including phenoxy) is 1. The molecule has 1 saturated heterocycles. The molecule has 10 heteroatoms. The van der Waals surface area contributed by atoms with E-state index in [-0.39, 0.29) is 23.5 Å². The Bertz CT molecular complexity index is 1380. The van der Waals surface area contributed by atoms with Crippen LogP contribution in [0.2, 0.25) is 0 Å². The van der Waals surface area contributed by atoms with Crippen molar-refractivity contribution in [3.63, 3.8) is 0 Å². The average Bonchev–Trinajstić information content (AvgIpc) is 2.93. The molecule has 1 amide bonds. The molecule has 0 radical (unpaired) electrons. The number of methoxy groups -OCH3 is 1. The highest BCUT2D eigenvalue weighted by Gasteiger charge is 2.36. The maximum absolute atomic E-state index is 13.8. The van der Waals surface area contributed by atoms with Gasteiger partial charge in [0.15, 0.2) is 5.75 Å². The fourth-order valence-electron chi connectivity index (χ4n) is 5.26. The van der Waals surface area contributed by atoms with Crippen molar-refractivity contribution in [1.29, 1.82) is 0 Å². The van der Waals surface area contributed by atoms with Gasteiger partial charge in [-0.2, -0.15) is 8.42 Å². The Balaban J connectivity index is 1.60. The number of carbonyl (C=O) groups is 1. The Morgan fingerprint density at radius 3 is 2.12 bits per heavy atom. The van der Waals surface area contributed by atoms with Crippen LogP contribution in [0.4, 0.5) is 5.95 Å². The van der Waals surface area contributed by atoms with E-state index in [0.717, 1.165) is 11.1 Å². The standard InChI is InChI=1S/C30H38N4O5S/c1-20(2)25-11-7-12-26(21(3)4)28(25)39-40(36,37)33-29(35)27(23-9-6-10-24(19-23)38-5)22-13-17-34(18-14-22)30-31-15-8-16-32-30/h6-12,15-16,19-22,27H,13-14,17-18H2,1-5H3,(H,33,35). The minimum atomic E-state index is -4.47. The highest BCUT2D eigenvalue weighted by Crippen LogP contribution is 2.37. The first-order valence-electron chi connectivity index (χ1n) is 13.6. The summed E-state index contributed by atoms with van der Waals surface area (Å²) in [6.07, 6.45) is 4.71. The lowest BCUT2D eigenvalue weighted by atomic mass is 9.79. The van der Waals surface area contributed by atoms with E-state index in [0.29, 0.717) is 43.2 Å². The van der Waals surface area contributed by atoms with Gasteiger partial charge in [0.05, 0.1) is 13.0 Å². The van der Waals surface area contributed by atoms with Gasteiger partial charge in [-0.15, -0.1) is 0 Å². The predicted molar refractivity (Wildman–Crippen MR) is 155 cm³/mol. The van der Waals surface area contributed by atoms with Gasteiger partial charge in [-0.1, -0.05) is 58.0 Å². The molecular weight excluding hydrogens is 528 g/mol. The molecule has 214 valence electrons. The number of hydrogen-bond acceptors (Lipinski definition) is 8. The summed E-state index contributed by atoms with van der Waals surface area (Å²) in [5, 5.41) is 0. The van der Waals surface area contributed by atoms with Crippen molar-refractivity contribution in [3.05, 3.63) is 77.6 Å². The molecule has 1 unspecified atom stereocenters. The molecule has 9 nitrogen and oxygen atoms in total. The minimum absolute atomic E-state index is 0.0305. The molecule has 0 aliphatic carbocycles. The van der Waals surface area contributed by atoms with Gasteiger partial charge in [0.25, 0.3) is 0 Å². The molecule has 2 heterocycles. The van der Waals surface area contributed by atoms with Crippen LogP contribution in [-0.2, 0) is 15.1 Å². The Hall–Kier alpha value is -3.66. The van der Waals surface area contributed by atoms with E-state index in [1.807, 2.05) is 52.0 Å². The van der Waals surface area contributed by atoms with Crippen LogP contribution in [0.25, 0.3) is 0 Å². The van der Waals surface area contributed by atoms with Crippen LogP contribution >= 0.6 is 0 Å². The van der Waals surface area contributed by atoms with E-state index in [1.54, 1.807) is 43.8 Å². The van der Waals surface area contributed by atoms with Gasteiger partial charge >= 0.3 is 10.3 Å². The molecule has 0 saturated carbocycles. The van der Waals surface area contributed by atoms with E-state index in [4.69, 9.17) is 8.92 Å². The number of nitrogens with one attached hydrogen (secondary N) is 1. The van der Waals surface area contributed by atoms with E-state index in [1.165, 1.54) is 0 Å². The largest absolute Gasteiger partial charge is 0.497 e. The van der Waals surface area contributed by atoms with Gasteiger partial charge < -0.3 is 13.8 Å². The lowest BCUT2D eigenvalue weighted by molar-refractivity contribution is -0.122. The van der Waals surface area contributed by atoms with Crippen LogP contribution in [0, 0.1) is 5.92 Å². The first-order valence-corrected chi connectivity index (χ1v) is 15.0. The van der Waals surface area contributed by atoms with Crippen molar-refractivity contribution in [3.8, 4) is 11.5 Å². The summed E-state index contributed by atoms with van der Waals surface area (Å²) in [5.74, 6) is 0.109. The van der Waals surface area contributed by atoms with Crippen LogP contribution < -0.4 is 18.5 Å². The average molecular weight is 567 g/mol. The van der Waals surface area contributed by atoms with Gasteiger partial charge in [-0.05, 0) is 65.5 Å². The predicted octanol–water partition coefficient (Wildman–Crippen LogP) is 5.17. The summed E-state index contributed by atoms with van der Waals surface area (Å²) in [6.45, 7) is 9.19. The molecule has 0 bridgehead atoms. The number of amides is 1. The molecule has 1 atom stereocenters. The number of carbonyl (C=O) groups excluding carboxylic acids is 1. The molecule has 1 aliphatic rings. The highest BCUT2D eigenvalue weighted by molar-refractivity contribution is 7.85. The Morgan fingerprint density at radius 2 is 1.55 bits per heavy atom. The zero-order chi connectivity index (χ0) is 28.9. The SMILES string of the molecule is COc1cccc(C(C(=O)NS(=O)(=O)Oc2c(C(C)C)cccc2C(C)C)C2CCN(c3ncccn3)CC2)c1. The molecule has 40 heavy (non-hydrogen) atoms. The topological polar surface area (TPSA) is 111 Å². The van der Waals surface area contributed by atoms with E-state index < -0.39 is 22.1 Å². The number of anilines is 1. The van der Waals surface area contributed by atoms with E-state index >= 15 is 0 Å². The lowest BCUT2D eigenvalue weighted by Gasteiger charge is -2.35. The van der Waals surface area contributed by atoms with E-state index in [2.05, 4.69) is 19.6 Å². The third-order valence-corrected chi connectivity index (χ3v) is 8.16. The van der Waals surface area contributed by atoms with Crippen LogP contribution in [0.1, 0.15) is 75.0 Å². The van der Waals surface area contributed by atoms with Crippen molar-refractivity contribution in [2.24, 2.45) is 5.92 Å². The lowest BCUT2D eigenvalue weighted by Crippen LogP contribution is -2.43. The second-order valence-corrected chi connectivity index (χ2v) is 12.0. The summed E-state index contributed by atoms with van der Waals surface area (Å²) in [7, 11) is -2.91. The maximum atomic E-state index is 13.8. The quantitative estimate of drug-likeness (QED) is 0.358. The van der Waals surface area contributed by atoms with Crippen LogP contribution in [-0.4, -0.2) is 44.5 Å². The van der Waals surface area contributed by atoms with Gasteiger partial charge in [0.1, 0.15) is 5.75 Å². The molecule has 1 aromatic heterocycles. The number of nitrogens with zero attached hydrogens (tertiary/aromatic N) is 3. The van der Waals surface area contributed by atoms with Gasteiger partial charge in [0.2, 0.25) is 11.9 Å². The van der Waals surface area contributed by atoms with Crippen molar-refractivity contribution < 1.29 is 22.1 Å². The molecule has 2 aromatic carbocycles. The zero-order valence-electron chi connectivity index (χ0n) is 23.7. The second kappa shape index (κ2) is 12.7. The number of rotatable bonds is 10. The Labute approximate surface area is 237 Å². The van der Waals surface area contributed by atoms with Crippen molar-refractivity contribution in [1.82, 2.24) is 14.7 Å². The third kappa shape index (κ3) is 6.91. The van der Waals surface area contributed by atoms with Gasteiger partial charge in [-0.25, -0.2) is 14.7 Å². The minimum Gasteiger partial charge on any atom is -0.497 e. The van der Waals surface area contributed by atoms with E-state index in [9.17, 15) is 13.2 Å². The smallest absolute Gasteiger partial charge is 0.409 e. The number of hydrogen-bond donors (Lipinski definition) is 1. The summed E-state index contributed by atoms with van der Waals surface area (Å²) in [5.41, 5.74) is 2.22. The molecule has 0 spiro atoms. The number of piperidine rings is 1. The summed E-state index contributed by atoms with van der Waals surface area (Å²) >= 11 is 0. The molecule has 1 aliphatic heterocycles. The second-order valence-electron chi connectivity index (χ2n) is 10.7. The highest BCUT2D eigenvalue weighted by atomic mass is 32.2. The van der Waals surface area contributed by atoms with Crippen molar-refractivity contribution in [2.75, 3.05) is 25.1 Å². The van der Waals surface area contributed by atoms with Gasteiger partial charge in [-0.3, -0.25) is 4.79 Å². The van der Waals surface area contributed by atoms with Crippen molar-refractivity contribution in [2.45, 2.75) is 58.3 Å². The number of para-hydroxylation sites is 1. The first-order chi connectivity index (χ1) is 19.1. The number of benzene rings is 2. The zero-order valence-corrected chi connectivity index (χ0v) is 24.5. The monoisotopic (exact) mass is 566 g/mol. The van der Waals surface area contributed by atoms with Gasteiger partial charge in [0, 0.05) is 25.5 Å². The molecule has 4 rings (SSSR count). The summed E-state index contributed by atoms with van der Waals surface area (Å²) < 4.78 is 40.0. The van der Waals surface area contributed by atoms with Crippen molar-refractivity contribution >= 4 is 22.2 Å². The molecular formula is C30H38N4O5S. The van der Waals surface area contributed by atoms with Crippen LogP contribution in [0.15, 0.2) is 60.9 Å². The Kier molecular flexibility index (Phi) is 9.29. The molecule has 1 fully saturated rings.